The number of tetrazole rings is 1. The standard InChI is InChI=1S/C20H21F3N8O2/c1-30-17(26-28-29-30)25-18(32)31-8-6-19(7-9-31)10-13(11-19)15-24-16(33-27-15)12-2-4-14(5-3-12)20(21,22)23/h2-5,13H,6-11H2,1H3,(H,25,26,29,32). The molecular formula is C20H21F3N8O2. The summed E-state index contributed by atoms with van der Waals surface area (Å²) < 4.78 is 44.9. The Morgan fingerprint density at radius 2 is 1.88 bits per heavy atom. The summed E-state index contributed by atoms with van der Waals surface area (Å²) in [6, 6.07) is 4.45. The number of nitrogens with zero attached hydrogens (tertiary/aromatic N) is 7. The smallest absolute Gasteiger partial charge is 0.334 e. The Morgan fingerprint density at radius 1 is 1.18 bits per heavy atom. The van der Waals surface area contributed by atoms with Crippen LogP contribution in [0.3, 0.4) is 0 Å². The third-order valence-electron chi connectivity index (χ3n) is 6.58. The Kier molecular flexibility index (Phi) is 5.05. The number of amides is 2. The van der Waals surface area contributed by atoms with Crippen molar-refractivity contribution in [3.8, 4) is 11.5 Å². The first-order valence-electron chi connectivity index (χ1n) is 10.5. The second-order valence-corrected chi connectivity index (χ2v) is 8.68. The average Bonchev–Trinajstić information content (AvgIpc) is 3.41. The van der Waals surface area contributed by atoms with E-state index in [1.165, 1.54) is 16.8 Å². The monoisotopic (exact) mass is 462 g/mol. The lowest BCUT2D eigenvalue weighted by Gasteiger charge is -2.51. The molecule has 2 aliphatic rings. The number of carbonyl (C=O) groups is 1. The van der Waals surface area contributed by atoms with E-state index >= 15 is 0 Å². The average molecular weight is 462 g/mol. The molecule has 2 fully saturated rings. The third-order valence-corrected chi connectivity index (χ3v) is 6.58. The number of benzene rings is 1. The molecule has 2 amide bonds. The topological polar surface area (TPSA) is 115 Å². The van der Waals surface area contributed by atoms with Crippen LogP contribution in [0, 0.1) is 5.41 Å². The van der Waals surface area contributed by atoms with Gasteiger partial charge in [0.2, 0.25) is 0 Å². The molecule has 1 saturated heterocycles. The molecule has 1 aromatic carbocycles. The molecule has 3 heterocycles. The minimum atomic E-state index is -4.39. The van der Waals surface area contributed by atoms with E-state index in [2.05, 4.69) is 31.0 Å². The van der Waals surface area contributed by atoms with Gasteiger partial charge in [-0.2, -0.15) is 18.2 Å². The molecule has 1 aliphatic carbocycles. The maximum Gasteiger partial charge on any atom is 0.416 e. The molecule has 3 aromatic rings. The number of aromatic nitrogens is 6. The summed E-state index contributed by atoms with van der Waals surface area (Å²) in [6.45, 7) is 1.26. The van der Waals surface area contributed by atoms with E-state index in [0.717, 1.165) is 37.8 Å². The normalized spacial score (nSPS) is 18.4. The summed E-state index contributed by atoms with van der Waals surface area (Å²) in [4.78, 5) is 18.6. The summed E-state index contributed by atoms with van der Waals surface area (Å²) in [5, 5.41) is 17.7. The molecule has 13 heteroatoms. The van der Waals surface area contributed by atoms with Crippen molar-refractivity contribution in [2.75, 3.05) is 18.4 Å². The van der Waals surface area contributed by atoms with Crippen LogP contribution < -0.4 is 5.32 Å². The van der Waals surface area contributed by atoms with Crippen LogP contribution in [0.15, 0.2) is 28.8 Å². The van der Waals surface area contributed by atoms with Gasteiger partial charge in [0.1, 0.15) is 0 Å². The fourth-order valence-electron chi connectivity index (χ4n) is 4.59. The van der Waals surface area contributed by atoms with Crippen molar-refractivity contribution in [3.63, 3.8) is 0 Å². The predicted octanol–water partition coefficient (Wildman–Crippen LogP) is 3.47. The Morgan fingerprint density at radius 3 is 2.48 bits per heavy atom. The van der Waals surface area contributed by atoms with Gasteiger partial charge in [-0.05, 0) is 65.8 Å². The number of likely N-dealkylation sites (tertiary alicyclic amines) is 1. The lowest BCUT2D eigenvalue weighted by molar-refractivity contribution is -0.137. The number of piperidine rings is 1. The van der Waals surface area contributed by atoms with E-state index in [-0.39, 0.29) is 23.3 Å². The molecule has 1 spiro atoms. The summed E-state index contributed by atoms with van der Waals surface area (Å²) in [7, 11) is 1.65. The van der Waals surface area contributed by atoms with Gasteiger partial charge in [0.25, 0.3) is 11.8 Å². The number of aryl methyl sites for hydroxylation is 1. The first-order valence-corrected chi connectivity index (χ1v) is 10.5. The fourth-order valence-corrected chi connectivity index (χ4v) is 4.59. The molecule has 33 heavy (non-hydrogen) atoms. The highest BCUT2D eigenvalue weighted by molar-refractivity contribution is 5.87. The zero-order valence-electron chi connectivity index (χ0n) is 17.7. The number of carbonyl (C=O) groups excluding carboxylic acids is 1. The van der Waals surface area contributed by atoms with Crippen LogP contribution in [0.25, 0.3) is 11.5 Å². The number of hydrogen-bond donors (Lipinski definition) is 1. The van der Waals surface area contributed by atoms with E-state index < -0.39 is 11.7 Å². The summed E-state index contributed by atoms with van der Waals surface area (Å²) in [6.07, 6.45) is -0.861. The number of halogens is 3. The SMILES string of the molecule is Cn1nnnc1NC(=O)N1CCC2(CC1)CC(c1noc(-c3ccc(C(F)(F)F)cc3)n1)C2. The van der Waals surface area contributed by atoms with Crippen molar-refractivity contribution >= 4 is 12.0 Å². The quantitative estimate of drug-likeness (QED) is 0.634. The number of hydrogen-bond acceptors (Lipinski definition) is 7. The summed E-state index contributed by atoms with van der Waals surface area (Å²) >= 11 is 0. The molecule has 10 nitrogen and oxygen atoms in total. The minimum absolute atomic E-state index is 0.141. The molecule has 5 rings (SSSR count). The Hall–Kier alpha value is -3.51. The summed E-state index contributed by atoms with van der Waals surface area (Å²) in [5.74, 6) is 1.22. The lowest BCUT2D eigenvalue weighted by Crippen LogP contribution is -2.49. The molecule has 0 bridgehead atoms. The fraction of sp³-hybridized carbons (Fsp3) is 0.500. The van der Waals surface area contributed by atoms with E-state index in [1.807, 2.05) is 0 Å². The maximum atomic E-state index is 12.7. The van der Waals surface area contributed by atoms with E-state index in [1.54, 1.807) is 11.9 Å². The number of urea groups is 1. The number of alkyl halides is 3. The van der Waals surface area contributed by atoms with Crippen LogP contribution in [0.5, 0.6) is 0 Å². The predicted molar refractivity (Wildman–Crippen MR) is 108 cm³/mol. The highest BCUT2D eigenvalue weighted by atomic mass is 19.4. The Balaban J connectivity index is 1.15. The van der Waals surface area contributed by atoms with Crippen LogP contribution in [-0.4, -0.2) is 54.4 Å². The molecule has 1 saturated carbocycles. The van der Waals surface area contributed by atoms with E-state index in [4.69, 9.17) is 4.52 Å². The van der Waals surface area contributed by atoms with Gasteiger partial charge < -0.3 is 9.42 Å². The first-order chi connectivity index (χ1) is 15.7. The van der Waals surface area contributed by atoms with Crippen molar-refractivity contribution in [1.29, 1.82) is 0 Å². The van der Waals surface area contributed by atoms with E-state index in [9.17, 15) is 18.0 Å². The van der Waals surface area contributed by atoms with Crippen molar-refractivity contribution in [1.82, 2.24) is 35.2 Å². The van der Waals surface area contributed by atoms with Gasteiger partial charge in [0, 0.05) is 31.6 Å². The van der Waals surface area contributed by atoms with Gasteiger partial charge in [0.15, 0.2) is 5.82 Å². The molecule has 0 atom stereocenters. The third kappa shape index (κ3) is 4.14. The molecule has 1 aliphatic heterocycles. The van der Waals surface area contributed by atoms with Crippen molar-refractivity contribution in [2.24, 2.45) is 12.5 Å². The molecule has 2 aromatic heterocycles. The molecule has 0 radical (unpaired) electrons. The minimum Gasteiger partial charge on any atom is -0.334 e. The molecule has 1 N–H and O–H groups in total. The van der Waals surface area contributed by atoms with Crippen LogP contribution in [-0.2, 0) is 13.2 Å². The van der Waals surface area contributed by atoms with Gasteiger partial charge in [-0.1, -0.05) is 10.3 Å². The lowest BCUT2D eigenvalue weighted by atomic mass is 9.57. The number of rotatable bonds is 3. The zero-order valence-corrected chi connectivity index (χ0v) is 17.7. The van der Waals surface area contributed by atoms with Crippen molar-refractivity contribution in [3.05, 3.63) is 35.7 Å². The van der Waals surface area contributed by atoms with Crippen molar-refractivity contribution in [2.45, 2.75) is 37.8 Å². The van der Waals surface area contributed by atoms with Gasteiger partial charge in [-0.15, -0.1) is 0 Å². The van der Waals surface area contributed by atoms with Crippen LogP contribution in [0.2, 0.25) is 0 Å². The largest absolute Gasteiger partial charge is 0.416 e. The van der Waals surface area contributed by atoms with Crippen LogP contribution >= 0.6 is 0 Å². The van der Waals surface area contributed by atoms with E-state index in [0.29, 0.717) is 30.4 Å². The second-order valence-electron chi connectivity index (χ2n) is 8.68. The number of anilines is 1. The first kappa shape index (κ1) is 21.3. The van der Waals surface area contributed by atoms with Gasteiger partial charge >= 0.3 is 12.2 Å². The van der Waals surface area contributed by atoms with Crippen LogP contribution in [0.1, 0.15) is 43.0 Å². The van der Waals surface area contributed by atoms with Gasteiger partial charge in [-0.25, -0.2) is 9.48 Å². The number of nitrogens with one attached hydrogen (secondary N) is 1. The maximum absolute atomic E-state index is 12.7. The second kappa shape index (κ2) is 7.81. The Bertz CT molecular complexity index is 1140. The molecule has 0 unspecified atom stereocenters. The van der Waals surface area contributed by atoms with Gasteiger partial charge in [0.05, 0.1) is 5.56 Å². The van der Waals surface area contributed by atoms with Gasteiger partial charge in [-0.3, -0.25) is 5.32 Å². The Labute approximate surface area is 186 Å². The highest BCUT2D eigenvalue weighted by Gasteiger charge is 2.48. The zero-order chi connectivity index (χ0) is 23.2. The van der Waals surface area contributed by atoms with Crippen LogP contribution in [0.4, 0.5) is 23.9 Å². The summed E-state index contributed by atoms with van der Waals surface area (Å²) in [5.41, 5.74) is -0.128. The molecular weight excluding hydrogens is 441 g/mol. The highest BCUT2D eigenvalue weighted by Crippen LogP contribution is 2.56. The molecule has 174 valence electrons. The van der Waals surface area contributed by atoms with Crippen molar-refractivity contribution < 1.29 is 22.5 Å².